The molecule has 0 saturated carbocycles. The molecule has 2 aromatic heterocycles. The molecule has 1 unspecified atom stereocenters. The highest BCUT2D eigenvalue weighted by atomic mass is 16.2. The Morgan fingerprint density at radius 1 is 1.16 bits per heavy atom. The largest absolute Gasteiger partial charge is 0.352 e. The Kier molecular flexibility index (Phi) is 6.26. The van der Waals surface area contributed by atoms with Crippen molar-refractivity contribution in [2.75, 3.05) is 18.4 Å². The maximum Gasteiger partial charge on any atom is 0.321 e. The van der Waals surface area contributed by atoms with Crippen molar-refractivity contribution in [1.29, 1.82) is 0 Å². The van der Waals surface area contributed by atoms with Crippen LogP contribution >= 0.6 is 0 Å². The molecule has 1 fully saturated rings. The summed E-state index contributed by atoms with van der Waals surface area (Å²) in [4.78, 5) is 31.4. The Morgan fingerprint density at radius 2 is 2.06 bits per heavy atom. The predicted octanol–water partition coefficient (Wildman–Crippen LogP) is 3.14. The van der Waals surface area contributed by atoms with Crippen molar-refractivity contribution in [2.45, 2.75) is 26.3 Å². The molecular weight excluding hydrogens is 392 g/mol. The van der Waals surface area contributed by atoms with E-state index >= 15 is 0 Å². The van der Waals surface area contributed by atoms with Gasteiger partial charge in [-0.2, -0.15) is 5.10 Å². The molecule has 1 atom stereocenters. The number of anilines is 1. The van der Waals surface area contributed by atoms with Crippen LogP contribution in [0, 0.1) is 12.8 Å². The fourth-order valence-electron chi connectivity index (χ4n) is 3.73. The lowest BCUT2D eigenvalue weighted by Gasteiger charge is -2.32. The molecule has 160 valence electrons. The van der Waals surface area contributed by atoms with Gasteiger partial charge in [0.2, 0.25) is 5.91 Å². The molecule has 0 bridgehead atoms. The fourth-order valence-corrected chi connectivity index (χ4v) is 3.73. The van der Waals surface area contributed by atoms with Crippen molar-refractivity contribution in [3.8, 4) is 5.82 Å². The van der Waals surface area contributed by atoms with Crippen molar-refractivity contribution in [3.63, 3.8) is 0 Å². The van der Waals surface area contributed by atoms with Crippen LogP contribution in [-0.2, 0) is 11.3 Å². The number of hydrogen-bond donors (Lipinski definition) is 2. The number of amides is 3. The van der Waals surface area contributed by atoms with E-state index in [1.807, 2.05) is 55.6 Å². The summed E-state index contributed by atoms with van der Waals surface area (Å²) in [6.07, 6.45) is 6.80. The molecule has 3 amide bonds. The number of nitrogens with one attached hydrogen (secondary N) is 2. The van der Waals surface area contributed by atoms with Crippen molar-refractivity contribution in [2.24, 2.45) is 5.92 Å². The highest BCUT2D eigenvalue weighted by Crippen LogP contribution is 2.19. The van der Waals surface area contributed by atoms with Gasteiger partial charge in [0.05, 0.1) is 5.92 Å². The van der Waals surface area contributed by atoms with Crippen LogP contribution < -0.4 is 10.6 Å². The molecule has 3 aromatic rings. The molecule has 2 N–H and O–H groups in total. The maximum absolute atomic E-state index is 12.8. The SMILES string of the molecule is Cc1cccc(NC(=O)N2CCCC(C(=O)NCc3ccnc(-n4cccn4)c3)C2)c1. The molecule has 1 aromatic carbocycles. The first-order chi connectivity index (χ1) is 15.1. The van der Waals surface area contributed by atoms with Crippen molar-refractivity contribution in [3.05, 3.63) is 72.2 Å². The van der Waals surface area contributed by atoms with Crippen molar-refractivity contribution >= 4 is 17.6 Å². The normalized spacial score (nSPS) is 16.0. The fraction of sp³-hybridized carbons (Fsp3) is 0.304. The highest BCUT2D eigenvalue weighted by Gasteiger charge is 2.28. The second kappa shape index (κ2) is 9.42. The minimum absolute atomic E-state index is 0.0366. The summed E-state index contributed by atoms with van der Waals surface area (Å²) in [5, 5.41) is 10.1. The third-order valence-corrected chi connectivity index (χ3v) is 5.36. The minimum Gasteiger partial charge on any atom is -0.352 e. The molecule has 0 spiro atoms. The van der Waals surface area contributed by atoms with E-state index in [0.717, 1.165) is 29.7 Å². The van der Waals surface area contributed by atoms with Crippen LogP contribution in [-0.4, -0.2) is 44.7 Å². The molecule has 3 heterocycles. The quantitative estimate of drug-likeness (QED) is 0.666. The van der Waals surface area contributed by atoms with Crippen LogP contribution in [0.4, 0.5) is 10.5 Å². The lowest BCUT2D eigenvalue weighted by molar-refractivity contribution is -0.126. The molecule has 8 heteroatoms. The van der Waals surface area contributed by atoms with Crippen LogP contribution in [0.25, 0.3) is 5.82 Å². The summed E-state index contributed by atoms with van der Waals surface area (Å²) in [6, 6.07) is 13.1. The smallest absolute Gasteiger partial charge is 0.321 e. The second-order valence-electron chi connectivity index (χ2n) is 7.78. The molecule has 4 rings (SSSR count). The number of urea groups is 1. The van der Waals surface area contributed by atoms with E-state index < -0.39 is 0 Å². The van der Waals surface area contributed by atoms with E-state index in [2.05, 4.69) is 20.7 Å². The lowest BCUT2D eigenvalue weighted by atomic mass is 9.97. The molecule has 1 aliphatic rings. The first-order valence-corrected chi connectivity index (χ1v) is 10.4. The van der Waals surface area contributed by atoms with Gasteiger partial charge in [-0.25, -0.2) is 14.5 Å². The van der Waals surface area contributed by atoms with E-state index in [-0.39, 0.29) is 17.9 Å². The average molecular weight is 419 g/mol. The van der Waals surface area contributed by atoms with Crippen molar-refractivity contribution < 1.29 is 9.59 Å². The third-order valence-electron chi connectivity index (χ3n) is 5.36. The standard InChI is InChI=1S/C23H26N6O2/c1-17-5-2-7-20(13-17)27-23(31)28-11-3-6-19(16-28)22(30)25-15-18-8-10-24-21(14-18)29-12-4-9-26-29/h2,4-5,7-10,12-14,19H,3,6,11,15-16H2,1H3,(H,25,30)(H,27,31). The average Bonchev–Trinajstić information content (AvgIpc) is 3.33. The van der Waals surface area contributed by atoms with Crippen molar-refractivity contribution in [1.82, 2.24) is 25.0 Å². The molecule has 31 heavy (non-hydrogen) atoms. The number of piperidine rings is 1. The van der Waals surface area contributed by atoms with Gasteiger partial charge in [0.1, 0.15) is 0 Å². The van der Waals surface area contributed by atoms with Gasteiger partial charge in [0.15, 0.2) is 5.82 Å². The van der Waals surface area contributed by atoms with Gasteiger partial charge in [-0.05, 0) is 61.2 Å². The number of carbonyl (C=O) groups excluding carboxylic acids is 2. The van der Waals surface area contributed by atoms with E-state index in [4.69, 9.17) is 0 Å². The van der Waals surface area contributed by atoms with Gasteiger partial charge in [-0.15, -0.1) is 0 Å². The molecule has 0 radical (unpaired) electrons. The summed E-state index contributed by atoms with van der Waals surface area (Å²) < 4.78 is 1.68. The number of carbonyl (C=O) groups is 2. The zero-order chi connectivity index (χ0) is 21.6. The maximum atomic E-state index is 12.8. The van der Waals surface area contributed by atoms with Gasteiger partial charge in [0, 0.05) is 43.9 Å². The van der Waals surface area contributed by atoms with Crippen LogP contribution in [0.5, 0.6) is 0 Å². The predicted molar refractivity (Wildman–Crippen MR) is 118 cm³/mol. The third kappa shape index (κ3) is 5.28. The van der Waals surface area contributed by atoms with Gasteiger partial charge < -0.3 is 15.5 Å². The van der Waals surface area contributed by atoms with Crippen LogP contribution in [0.2, 0.25) is 0 Å². The summed E-state index contributed by atoms with van der Waals surface area (Å²) in [5.41, 5.74) is 2.79. The molecular formula is C23H26N6O2. The van der Waals surface area contributed by atoms with Gasteiger partial charge in [0.25, 0.3) is 0 Å². The number of aryl methyl sites for hydroxylation is 1. The Morgan fingerprint density at radius 3 is 2.87 bits per heavy atom. The van der Waals surface area contributed by atoms with E-state index in [9.17, 15) is 9.59 Å². The molecule has 1 saturated heterocycles. The van der Waals surface area contributed by atoms with Crippen LogP contribution in [0.3, 0.4) is 0 Å². The van der Waals surface area contributed by atoms with E-state index in [0.29, 0.717) is 25.5 Å². The number of benzene rings is 1. The number of hydrogen-bond acceptors (Lipinski definition) is 4. The van der Waals surface area contributed by atoms with E-state index in [1.54, 1.807) is 22.0 Å². The first kappa shape index (κ1) is 20.6. The van der Waals surface area contributed by atoms with Crippen LogP contribution in [0.1, 0.15) is 24.0 Å². The number of nitrogens with zero attached hydrogens (tertiary/aromatic N) is 4. The Hall–Kier alpha value is -3.68. The Balaban J connectivity index is 1.32. The van der Waals surface area contributed by atoms with Gasteiger partial charge in [-0.3, -0.25) is 4.79 Å². The van der Waals surface area contributed by atoms with Crippen LogP contribution in [0.15, 0.2) is 61.1 Å². The zero-order valence-corrected chi connectivity index (χ0v) is 17.5. The first-order valence-electron chi connectivity index (χ1n) is 10.4. The zero-order valence-electron chi connectivity index (χ0n) is 17.5. The number of pyridine rings is 1. The summed E-state index contributed by atoms with van der Waals surface area (Å²) in [5.74, 6) is 0.448. The Labute approximate surface area is 181 Å². The number of aromatic nitrogens is 3. The summed E-state index contributed by atoms with van der Waals surface area (Å²) in [6.45, 7) is 3.46. The molecule has 1 aliphatic heterocycles. The highest BCUT2D eigenvalue weighted by molar-refractivity contribution is 5.90. The topological polar surface area (TPSA) is 92.2 Å². The number of rotatable bonds is 5. The summed E-state index contributed by atoms with van der Waals surface area (Å²) >= 11 is 0. The Bertz CT molecular complexity index is 1050. The van der Waals surface area contributed by atoms with Gasteiger partial charge in [-0.1, -0.05) is 12.1 Å². The lowest BCUT2D eigenvalue weighted by Crippen LogP contribution is -2.46. The second-order valence-corrected chi connectivity index (χ2v) is 7.78. The van der Waals surface area contributed by atoms with E-state index in [1.165, 1.54) is 0 Å². The number of likely N-dealkylation sites (tertiary alicyclic amines) is 1. The monoisotopic (exact) mass is 418 g/mol. The molecule has 8 nitrogen and oxygen atoms in total. The summed E-state index contributed by atoms with van der Waals surface area (Å²) in [7, 11) is 0. The molecule has 0 aliphatic carbocycles. The van der Waals surface area contributed by atoms with Gasteiger partial charge >= 0.3 is 6.03 Å². The minimum atomic E-state index is -0.218.